The molecule has 1 aliphatic carbocycles. The van der Waals surface area contributed by atoms with Crippen molar-refractivity contribution in [2.24, 2.45) is 11.8 Å². The summed E-state index contributed by atoms with van der Waals surface area (Å²) in [4.78, 5) is 27.7. The van der Waals surface area contributed by atoms with Crippen molar-refractivity contribution in [1.82, 2.24) is 4.90 Å². The van der Waals surface area contributed by atoms with Gasteiger partial charge in [-0.05, 0) is 38.0 Å². The van der Waals surface area contributed by atoms with Gasteiger partial charge < -0.3 is 14.4 Å². The van der Waals surface area contributed by atoms with Crippen LogP contribution in [0.5, 0.6) is 11.5 Å². The Bertz CT molecular complexity index is 690. The van der Waals surface area contributed by atoms with E-state index in [0.717, 1.165) is 16.2 Å². The quantitative estimate of drug-likeness (QED) is 0.583. The van der Waals surface area contributed by atoms with Crippen LogP contribution in [0.2, 0.25) is 0 Å². The van der Waals surface area contributed by atoms with Crippen molar-refractivity contribution >= 4 is 11.8 Å². The predicted molar refractivity (Wildman–Crippen MR) is 96.8 cm³/mol. The minimum atomic E-state index is -0.161. The highest BCUT2D eigenvalue weighted by atomic mass is 16.5. The molecule has 0 aromatic heterocycles. The van der Waals surface area contributed by atoms with E-state index in [1.54, 1.807) is 7.11 Å². The van der Waals surface area contributed by atoms with Gasteiger partial charge in [0.25, 0.3) is 0 Å². The zero-order chi connectivity index (χ0) is 18.7. The lowest BCUT2D eigenvalue weighted by molar-refractivity contribution is -0.901. The molecule has 1 heterocycles. The molecule has 1 saturated heterocycles. The minimum Gasteiger partial charge on any atom is -0.493 e. The zero-order valence-corrected chi connectivity index (χ0v) is 15.7. The molecular weight excluding hydrogens is 332 g/mol. The maximum Gasteiger partial charge on any atom is 0.237 e. The van der Waals surface area contributed by atoms with E-state index in [0.29, 0.717) is 38.4 Å². The van der Waals surface area contributed by atoms with Crippen molar-refractivity contribution in [1.29, 1.82) is 0 Å². The lowest BCUT2D eigenvalue weighted by Crippen LogP contribution is -3.09. The molecule has 1 aliphatic heterocycles. The van der Waals surface area contributed by atoms with Crippen LogP contribution in [-0.4, -0.2) is 44.1 Å². The van der Waals surface area contributed by atoms with Gasteiger partial charge in [-0.1, -0.05) is 12.2 Å². The fourth-order valence-electron chi connectivity index (χ4n) is 3.80. The van der Waals surface area contributed by atoms with Gasteiger partial charge in [-0.2, -0.15) is 0 Å². The molecule has 0 spiro atoms. The van der Waals surface area contributed by atoms with Gasteiger partial charge in [-0.3, -0.25) is 9.59 Å². The van der Waals surface area contributed by atoms with E-state index in [4.69, 9.17) is 9.47 Å². The van der Waals surface area contributed by atoms with Gasteiger partial charge >= 0.3 is 0 Å². The Morgan fingerprint density at radius 2 is 1.77 bits per heavy atom. The van der Waals surface area contributed by atoms with Gasteiger partial charge in [0.1, 0.15) is 6.54 Å². The lowest BCUT2D eigenvalue weighted by Gasteiger charge is -2.21. The molecule has 26 heavy (non-hydrogen) atoms. The highest BCUT2D eigenvalue weighted by Crippen LogP contribution is 2.34. The first-order valence-corrected chi connectivity index (χ1v) is 9.16. The van der Waals surface area contributed by atoms with Crippen molar-refractivity contribution in [2.45, 2.75) is 26.3 Å². The lowest BCUT2D eigenvalue weighted by atomic mass is 9.85. The monoisotopic (exact) mass is 359 g/mol. The fourth-order valence-corrected chi connectivity index (χ4v) is 3.80. The molecule has 0 bridgehead atoms. The van der Waals surface area contributed by atoms with E-state index in [1.807, 2.05) is 44.3 Å². The second-order valence-electron chi connectivity index (χ2n) is 6.97. The standard InChI is InChI=1S/C20H26N2O4/c1-4-26-17-10-9-14(11-18(17)25-3)12-21(2)13-22-19(23)15-7-5-6-8-16(15)20(22)24/h5-6,9-11,15-16H,4,7-8,12-13H2,1-3H3/p+1/t15-,16-/m0/s1. The van der Waals surface area contributed by atoms with Crippen molar-refractivity contribution < 1.29 is 24.0 Å². The number of rotatable bonds is 7. The Hall–Kier alpha value is -2.34. The highest BCUT2D eigenvalue weighted by molar-refractivity contribution is 6.05. The number of quaternary nitrogens is 1. The number of benzene rings is 1. The van der Waals surface area contributed by atoms with Crippen LogP contribution in [0.3, 0.4) is 0 Å². The van der Waals surface area contributed by atoms with Crippen LogP contribution in [0, 0.1) is 11.8 Å². The number of hydrogen-bond acceptors (Lipinski definition) is 4. The Morgan fingerprint density at radius 1 is 1.12 bits per heavy atom. The summed E-state index contributed by atoms with van der Waals surface area (Å²) in [6, 6.07) is 5.84. The molecule has 2 amide bonds. The summed E-state index contributed by atoms with van der Waals surface area (Å²) >= 11 is 0. The van der Waals surface area contributed by atoms with Crippen molar-refractivity contribution in [3.05, 3.63) is 35.9 Å². The Labute approximate surface area is 154 Å². The van der Waals surface area contributed by atoms with Crippen molar-refractivity contribution in [2.75, 3.05) is 27.4 Å². The van der Waals surface area contributed by atoms with E-state index >= 15 is 0 Å². The Balaban J connectivity index is 1.65. The summed E-state index contributed by atoms with van der Waals surface area (Å²) in [5.74, 6) is 1.05. The van der Waals surface area contributed by atoms with Crippen LogP contribution in [0.25, 0.3) is 0 Å². The number of fused-ring (bicyclic) bond motifs is 1. The second-order valence-corrected chi connectivity index (χ2v) is 6.97. The number of hydrogen-bond donors (Lipinski definition) is 1. The van der Waals surface area contributed by atoms with Gasteiger partial charge in [-0.15, -0.1) is 0 Å². The topological polar surface area (TPSA) is 60.3 Å². The first-order chi connectivity index (χ1) is 12.5. The maximum absolute atomic E-state index is 12.6. The molecule has 1 aromatic rings. The van der Waals surface area contributed by atoms with E-state index in [1.165, 1.54) is 4.90 Å². The molecule has 140 valence electrons. The summed E-state index contributed by atoms with van der Waals surface area (Å²) in [7, 11) is 3.61. The van der Waals surface area contributed by atoms with E-state index < -0.39 is 0 Å². The zero-order valence-electron chi connectivity index (χ0n) is 15.7. The number of imide groups is 1. The summed E-state index contributed by atoms with van der Waals surface area (Å²) in [5, 5.41) is 0. The number of nitrogens with zero attached hydrogens (tertiary/aromatic N) is 1. The molecule has 2 aliphatic rings. The summed E-state index contributed by atoms with van der Waals surface area (Å²) in [6.07, 6.45) is 5.39. The average molecular weight is 359 g/mol. The number of methoxy groups -OCH3 is 1. The highest BCUT2D eigenvalue weighted by Gasteiger charge is 2.48. The number of ether oxygens (including phenoxy) is 2. The van der Waals surface area contributed by atoms with Gasteiger partial charge in [-0.25, -0.2) is 4.90 Å². The molecule has 6 heteroatoms. The molecule has 3 atom stereocenters. The van der Waals surface area contributed by atoms with Crippen LogP contribution in [-0.2, 0) is 16.1 Å². The first-order valence-electron chi connectivity index (χ1n) is 9.16. The molecule has 3 rings (SSSR count). The third kappa shape index (κ3) is 3.60. The number of amides is 2. The first kappa shape index (κ1) is 18.5. The van der Waals surface area contributed by atoms with Crippen molar-refractivity contribution in [3.63, 3.8) is 0 Å². The summed E-state index contributed by atoms with van der Waals surface area (Å²) in [6.45, 7) is 3.59. The van der Waals surface area contributed by atoms with Gasteiger partial charge in [0.2, 0.25) is 11.8 Å². The molecule has 1 fully saturated rings. The summed E-state index contributed by atoms with van der Waals surface area (Å²) in [5.41, 5.74) is 1.07. The molecule has 1 N–H and O–H groups in total. The third-order valence-electron chi connectivity index (χ3n) is 5.06. The predicted octanol–water partition coefficient (Wildman–Crippen LogP) is 1.02. The fraction of sp³-hybridized carbons (Fsp3) is 0.500. The molecule has 0 saturated carbocycles. The van der Waals surface area contributed by atoms with E-state index in [2.05, 4.69) is 0 Å². The third-order valence-corrected chi connectivity index (χ3v) is 5.06. The SMILES string of the molecule is CCOc1ccc(C[NH+](C)CN2C(=O)[C@H]3CC=CC[C@@H]3C2=O)cc1OC. The normalized spacial score (nSPS) is 23.1. The largest absolute Gasteiger partial charge is 0.493 e. The van der Waals surface area contributed by atoms with Crippen LogP contribution in [0.4, 0.5) is 0 Å². The van der Waals surface area contributed by atoms with Crippen LogP contribution in [0.1, 0.15) is 25.3 Å². The number of allylic oxidation sites excluding steroid dienone is 2. The Kier molecular flexibility index (Phi) is 5.61. The van der Waals surface area contributed by atoms with Crippen LogP contribution >= 0.6 is 0 Å². The van der Waals surface area contributed by atoms with Gasteiger partial charge in [0.05, 0.1) is 32.6 Å². The molecular formula is C20H27N2O4+. The molecule has 1 unspecified atom stereocenters. The Morgan fingerprint density at radius 3 is 2.35 bits per heavy atom. The van der Waals surface area contributed by atoms with Crippen molar-refractivity contribution in [3.8, 4) is 11.5 Å². The van der Waals surface area contributed by atoms with Gasteiger partial charge in [0.15, 0.2) is 18.2 Å². The number of carbonyl (C=O) groups is 2. The van der Waals surface area contributed by atoms with E-state index in [-0.39, 0.29) is 23.7 Å². The minimum absolute atomic E-state index is 0.0204. The summed E-state index contributed by atoms with van der Waals surface area (Å²) < 4.78 is 10.9. The average Bonchev–Trinajstić information content (AvgIpc) is 2.88. The number of likely N-dealkylation sites (tertiary alicyclic amines) is 1. The molecule has 1 aromatic carbocycles. The van der Waals surface area contributed by atoms with E-state index in [9.17, 15) is 9.59 Å². The number of nitrogens with one attached hydrogen (secondary N) is 1. The second kappa shape index (κ2) is 7.91. The molecule has 6 nitrogen and oxygen atoms in total. The smallest absolute Gasteiger partial charge is 0.237 e. The van der Waals surface area contributed by atoms with Crippen LogP contribution < -0.4 is 14.4 Å². The van der Waals surface area contributed by atoms with Crippen LogP contribution in [0.15, 0.2) is 30.4 Å². The maximum atomic E-state index is 12.6. The molecule has 0 radical (unpaired) electrons. The van der Waals surface area contributed by atoms with Gasteiger partial charge in [0, 0.05) is 5.56 Å². The number of carbonyl (C=O) groups excluding carboxylic acids is 2.